The molecule has 1 fully saturated rings. The molecule has 0 radical (unpaired) electrons. The van der Waals surface area contributed by atoms with Crippen molar-refractivity contribution < 1.29 is 0 Å². The molecular weight excluding hydrogens is 312 g/mol. The van der Waals surface area contributed by atoms with Gasteiger partial charge in [-0.3, -0.25) is 4.90 Å². The van der Waals surface area contributed by atoms with Crippen molar-refractivity contribution in [1.82, 2.24) is 14.9 Å². The van der Waals surface area contributed by atoms with Gasteiger partial charge in [0.15, 0.2) is 0 Å². The first-order chi connectivity index (χ1) is 12.3. The fourth-order valence-electron chi connectivity index (χ4n) is 4.17. The lowest BCUT2D eigenvalue weighted by Gasteiger charge is -2.33. The van der Waals surface area contributed by atoms with Crippen molar-refractivity contribution in [2.24, 2.45) is 0 Å². The first kappa shape index (κ1) is 16.3. The van der Waals surface area contributed by atoms with Crippen molar-refractivity contribution in [3.05, 3.63) is 57.6 Å². The van der Waals surface area contributed by atoms with E-state index in [0.717, 1.165) is 63.4 Å². The minimum absolute atomic E-state index is 0.219. The second kappa shape index (κ2) is 7.40. The molecule has 0 saturated carbocycles. The lowest BCUT2D eigenvalue weighted by atomic mass is 9.90. The molecular formula is C20H26N4O. The smallest absolute Gasteiger partial charge is 0.347 e. The van der Waals surface area contributed by atoms with Crippen molar-refractivity contribution in [2.75, 3.05) is 25.0 Å². The van der Waals surface area contributed by atoms with Crippen LogP contribution in [0.1, 0.15) is 48.4 Å². The van der Waals surface area contributed by atoms with E-state index in [4.69, 9.17) is 0 Å². The molecule has 2 aromatic rings. The van der Waals surface area contributed by atoms with Crippen LogP contribution < -0.4 is 11.0 Å². The highest BCUT2D eigenvalue weighted by Gasteiger charge is 2.26. The molecule has 2 aliphatic rings. The summed E-state index contributed by atoms with van der Waals surface area (Å²) >= 11 is 0. The van der Waals surface area contributed by atoms with E-state index in [1.54, 1.807) is 0 Å². The van der Waals surface area contributed by atoms with Crippen molar-refractivity contribution in [1.29, 1.82) is 0 Å². The number of hydrogen-bond donors (Lipinski definition) is 2. The van der Waals surface area contributed by atoms with E-state index in [-0.39, 0.29) is 5.69 Å². The Bertz CT molecular complexity index is 771. The van der Waals surface area contributed by atoms with Crippen molar-refractivity contribution >= 4 is 5.82 Å². The molecule has 2 N–H and O–H groups in total. The van der Waals surface area contributed by atoms with Crippen molar-refractivity contribution in [2.45, 2.75) is 44.6 Å². The summed E-state index contributed by atoms with van der Waals surface area (Å²) in [5, 5.41) is 3.35. The van der Waals surface area contributed by atoms with Gasteiger partial charge in [0.2, 0.25) is 0 Å². The third kappa shape index (κ3) is 3.76. The number of anilines is 1. The summed E-state index contributed by atoms with van der Waals surface area (Å²) < 4.78 is 0. The first-order valence-electron chi connectivity index (χ1n) is 9.43. The van der Waals surface area contributed by atoms with E-state index in [9.17, 15) is 4.79 Å². The van der Waals surface area contributed by atoms with Crippen LogP contribution in [0.15, 0.2) is 35.1 Å². The third-order valence-corrected chi connectivity index (χ3v) is 5.37. The summed E-state index contributed by atoms with van der Waals surface area (Å²) in [6.45, 7) is 4.02. The molecule has 4 rings (SSSR count). The van der Waals surface area contributed by atoms with Gasteiger partial charge in [-0.25, -0.2) is 4.79 Å². The maximum Gasteiger partial charge on any atom is 0.347 e. The molecule has 0 spiro atoms. The maximum atomic E-state index is 12.1. The average molecular weight is 338 g/mol. The molecule has 1 unspecified atom stereocenters. The Morgan fingerprint density at radius 2 is 2.04 bits per heavy atom. The summed E-state index contributed by atoms with van der Waals surface area (Å²) in [4.78, 5) is 21.8. The Morgan fingerprint density at radius 1 is 1.16 bits per heavy atom. The van der Waals surface area contributed by atoms with Crippen LogP contribution in [0.25, 0.3) is 0 Å². The number of nitrogens with one attached hydrogen (secondary N) is 2. The van der Waals surface area contributed by atoms with Crippen LogP contribution in [0, 0.1) is 0 Å². The molecule has 5 nitrogen and oxygen atoms in total. The van der Waals surface area contributed by atoms with Gasteiger partial charge in [0, 0.05) is 36.8 Å². The van der Waals surface area contributed by atoms with Gasteiger partial charge in [-0.2, -0.15) is 4.98 Å². The Morgan fingerprint density at radius 3 is 2.92 bits per heavy atom. The van der Waals surface area contributed by atoms with E-state index >= 15 is 0 Å². The maximum absolute atomic E-state index is 12.1. The highest BCUT2D eigenvalue weighted by atomic mass is 16.1. The molecule has 1 aromatic heterocycles. The van der Waals surface area contributed by atoms with Crippen LogP contribution in [0.4, 0.5) is 5.82 Å². The molecule has 0 aliphatic carbocycles. The van der Waals surface area contributed by atoms with Gasteiger partial charge in [-0.15, -0.1) is 0 Å². The molecule has 1 atom stereocenters. The van der Waals surface area contributed by atoms with Gasteiger partial charge in [-0.05, 0) is 44.2 Å². The molecule has 3 heterocycles. The van der Waals surface area contributed by atoms with Crippen LogP contribution >= 0.6 is 0 Å². The Balaban J connectivity index is 1.57. The SMILES string of the molecule is O=c1nc2c(c(C3CCCN(Cc4ccccc4)C3)[nH]1)CCCCN2. The zero-order valence-corrected chi connectivity index (χ0v) is 14.6. The summed E-state index contributed by atoms with van der Waals surface area (Å²) in [7, 11) is 0. The minimum atomic E-state index is -0.219. The van der Waals surface area contributed by atoms with Crippen LogP contribution in [0.3, 0.4) is 0 Å². The minimum Gasteiger partial charge on any atom is -0.370 e. The number of H-pyrrole nitrogens is 1. The molecule has 1 saturated heterocycles. The van der Waals surface area contributed by atoms with E-state index in [0.29, 0.717) is 5.92 Å². The van der Waals surface area contributed by atoms with E-state index in [1.807, 2.05) is 0 Å². The highest BCUT2D eigenvalue weighted by molar-refractivity contribution is 5.48. The van der Waals surface area contributed by atoms with Crippen LogP contribution in [0.5, 0.6) is 0 Å². The number of likely N-dealkylation sites (tertiary alicyclic amines) is 1. The standard InChI is InChI=1S/C20H26N4O/c25-20-22-18(17-10-4-5-11-21-19(17)23-20)16-9-6-12-24(14-16)13-15-7-2-1-3-8-15/h1-3,7-8,16H,4-6,9-14H2,(H2,21,22,23,25). The third-order valence-electron chi connectivity index (χ3n) is 5.37. The van der Waals surface area contributed by atoms with Gasteiger partial charge in [0.25, 0.3) is 0 Å². The van der Waals surface area contributed by atoms with E-state index < -0.39 is 0 Å². The molecule has 132 valence electrons. The van der Waals surface area contributed by atoms with Gasteiger partial charge < -0.3 is 10.3 Å². The summed E-state index contributed by atoms with van der Waals surface area (Å²) in [5.74, 6) is 1.21. The highest BCUT2D eigenvalue weighted by Crippen LogP contribution is 2.31. The molecule has 1 aromatic carbocycles. The number of rotatable bonds is 3. The number of piperidine rings is 1. The Hall–Kier alpha value is -2.14. The van der Waals surface area contributed by atoms with Crippen LogP contribution in [-0.4, -0.2) is 34.5 Å². The predicted octanol–water partition coefficient (Wildman–Crippen LogP) is 2.90. The zero-order chi connectivity index (χ0) is 17.1. The Labute approximate surface area is 148 Å². The summed E-state index contributed by atoms with van der Waals surface area (Å²) in [6, 6.07) is 10.6. The second-order valence-electron chi connectivity index (χ2n) is 7.23. The predicted molar refractivity (Wildman–Crippen MR) is 100.0 cm³/mol. The summed E-state index contributed by atoms with van der Waals surface area (Å²) in [5.41, 5.74) is 3.50. The molecule has 2 aliphatic heterocycles. The monoisotopic (exact) mass is 338 g/mol. The van der Waals surface area contributed by atoms with Gasteiger partial charge in [0.1, 0.15) is 5.82 Å². The number of aromatic amines is 1. The van der Waals surface area contributed by atoms with Crippen LogP contribution in [-0.2, 0) is 13.0 Å². The van der Waals surface area contributed by atoms with E-state index in [1.165, 1.54) is 17.5 Å². The summed E-state index contributed by atoms with van der Waals surface area (Å²) in [6.07, 6.45) is 5.61. The lowest BCUT2D eigenvalue weighted by Crippen LogP contribution is -2.35. The van der Waals surface area contributed by atoms with Gasteiger partial charge in [-0.1, -0.05) is 30.3 Å². The second-order valence-corrected chi connectivity index (χ2v) is 7.23. The average Bonchev–Trinajstić information content (AvgIpc) is 2.87. The first-order valence-corrected chi connectivity index (χ1v) is 9.43. The topological polar surface area (TPSA) is 61.0 Å². The molecule has 0 amide bonds. The molecule has 0 bridgehead atoms. The number of hydrogen-bond acceptors (Lipinski definition) is 4. The van der Waals surface area contributed by atoms with Gasteiger partial charge in [0.05, 0.1) is 0 Å². The zero-order valence-electron chi connectivity index (χ0n) is 14.6. The van der Waals surface area contributed by atoms with Gasteiger partial charge >= 0.3 is 5.69 Å². The number of nitrogens with zero attached hydrogens (tertiary/aromatic N) is 2. The number of fused-ring (bicyclic) bond motifs is 1. The van der Waals surface area contributed by atoms with Crippen molar-refractivity contribution in [3.8, 4) is 0 Å². The largest absolute Gasteiger partial charge is 0.370 e. The van der Waals surface area contributed by atoms with E-state index in [2.05, 4.69) is 50.5 Å². The normalized spacial score (nSPS) is 21.2. The number of benzene rings is 1. The fraction of sp³-hybridized carbons (Fsp3) is 0.500. The lowest BCUT2D eigenvalue weighted by molar-refractivity contribution is 0.198. The quantitative estimate of drug-likeness (QED) is 0.903. The van der Waals surface area contributed by atoms with Crippen LogP contribution in [0.2, 0.25) is 0 Å². The van der Waals surface area contributed by atoms with Crippen molar-refractivity contribution in [3.63, 3.8) is 0 Å². The molecule has 5 heteroatoms. The number of aromatic nitrogens is 2. The Kier molecular flexibility index (Phi) is 4.83. The molecule has 25 heavy (non-hydrogen) atoms. The fourth-order valence-corrected chi connectivity index (χ4v) is 4.17.